The van der Waals surface area contributed by atoms with Crippen LogP contribution in [0.15, 0.2) is 28.6 Å². The van der Waals surface area contributed by atoms with Crippen LogP contribution in [0, 0.1) is 0 Å². The Morgan fingerprint density at radius 2 is 2.05 bits per heavy atom. The molecule has 0 unspecified atom stereocenters. The minimum atomic E-state index is -0.305. The van der Waals surface area contributed by atoms with E-state index in [0.29, 0.717) is 20.2 Å². The van der Waals surface area contributed by atoms with Gasteiger partial charge in [0, 0.05) is 0 Å². The van der Waals surface area contributed by atoms with Gasteiger partial charge in [0.15, 0.2) is 9.35 Å². The average Bonchev–Trinajstić information content (AvgIpc) is 3.11. The summed E-state index contributed by atoms with van der Waals surface area (Å²) in [6.45, 7) is 1.52. The van der Waals surface area contributed by atoms with Gasteiger partial charge in [-0.1, -0.05) is 35.2 Å². The van der Waals surface area contributed by atoms with Crippen molar-refractivity contribution >= 4 is 61.5 Å². The molecular weight excluding hydrogens is 340 g/mol. The fourth-order valence-electron chi connectivity index (χ4n) is 1.60. The van der Waals surface area contributed by atoms with Gasteiger partial charge in [0.05, 0.1) is 16.0 Å². The van der Waals surface area contributed by atoms with Crippen LogP contribution in [0.25, 0.3) is 10.2 Å². The van der Waals surface area contributed by atoms with Crippen LogP contribution in [0.5, 0.6) is 0 Å². The molecule has 0 saturated heterocycles. The van der Waals surface area contributed by atoms with Gasteiger partial charge >= 0.3 is 0 Å². The first-order chi connectivity index (χ1) is 10.6. The van der Waals surface area contributed by atoms with E-state index in [2.05, 4.69) is 20.5 Å². The maximum absolute atomic E-state index is 12.2. The Labute approximate surface area is 138 Å². The molecule has 0 aliphatic rings. The Balaban J connectivity index is 1.69. The molecule has 1 aromatic carbocycles. The molecule has 9 heteroatoms. The summed E-state index contributed by atoms with van der Waals surface area (Å²) in [7, 11) is 0. The summed E-state index contributed by atoms with van der Waals surface area (Å²) in [5, 5.41) is 11.3. The summed E-state index contributed by atoms with van der Waals surface area (Å²) >= 11 is 3.87. The van der Waals surface area contributed by atoms with Gasteiger partial charge in [-0.3, -0.25) is 14.9 Å². The monoisotopic (exact) mass is 350 g/mol. The van der Waals surface area contributed by atoms with Gasteiger partial charge in [0.25, 0.3) is 5.91 Å². The normalized spacial score (nSPS) is 10.8. The zero-order valence-corrected chi connectivity index (χ0v) is 13.8. The lowest BCUT2D eigenvalue weighted by Crippen LogP contribution is -2.11. The summed E-state index contributed by atoms with van der Waals surface area (Å²) in [6, 6.07) is 7.58. The Morgan fingerprint density at radius 1 is 1.23 bits per heavy atom. The van der Waals surface area contributed by atoms with Crippen LogP contribution in [0.1, 0.15) is 16.7 Å². The molecule has 0 saturated carbocycles. The second kappa shape index (κ2) is 6.51. The summed E-state index contributed by atoms with van der Waals surface area (Å²) in [5.41, 5.74) is 0.799. The average molecular weight is 350 g/mol. The van der Waals surface area contributed by atoms with E-state index in [-0.39, 0.29) is 11.7 Å². The molecule has 22 heavy (non-hydrogen) atoms. The van der Waals surface area contributed by atoms with Crippen LogP contribution in [0.3, 0.4) is 0 Å². The first-order valence-corrected chi connectivity index (χ1v) is 8.86. The van der Waals surface area contributed by atoms with Gasteiger partial charge in [-0.25, -0.2) is 4.98 Å². The highest BCUT2D eigenvalue weighted by Gasteiger charge is 2.15. The maximum Gasteiger partial charge on any atom is 0.286 e. The molecule has 2 heterocycles. The van der Waals surface area contributed by atoms with Crippen molar-refractivity contribution in [1.29, 1.82) is 0 Å². The Bertz CT molecular complexity index is 810. The number of carbonyl (C=O) groups is 2. The number of hydrogen-bond acceptors (Lipinski definition) is 8. The zero-order valence-electron chi connectivity index (χ0n) is 11.4. The van der Waals surface area contributed by atoms with Crippen LogP contribution in [0.2, 0.25) is 0 Å². The molecule has 0 aliphatic carbocycles. The molecule has 0 radical (unpaired) electrons. The van der Waals surface area contributed by atoms with E-state index >= 15 is 0 Å². The third-order valence-corrected chi connectivity index (χ3v) is 5.67. The van der Waals surface area contributed by atoms with E-state index in [0.717, 1.165) is 10.2 Å². The largest absolute Gasteiger partial charge is 0.299 e. The van der Waals surface area contributed by atoms with E-state index in [4.69, 9.17) is 0 Å². The first-order valence-electron chi connectivity index (χ1n) is 6.24. The molecule has 0 atom stereocenters. The highest BCUT2D eigenvalue weighted by atomic mass is 32.2. The highest BCUT2D eigenvalue weighted by molar-refractivity contribution is 8.01. The van der Waals surface area contributed by atoms with Gasteiger partial charge in [-0.05, 0) is 19.1 Å². The van der Waals surface area contributed by atoms with E-state index < -0.39 is 0 Å². The summed E-state index contributed by atoms with van der Waals surface area (Å²) in [5.74, 6) is 0.112. The zero-order chi connectivity index (χ0) is 15.5. The van der Waals surface area contributed by atoms with Gasteiger partial charge in [0.2, 0.25) is 5.13 Å². The number of hydrogen-bond donors (Lipinski definition) is 1. The molecule has 2 aromatic heterocycles. The molecule has 3 rings (SSSR count). The predicted octanol–water partition coefficient (Wildman–Crippen LogP) is 3.08. The van der Waals surface area contributed by atoms with Crippen LogP contribution >= 0.6 is 34.4 Å². The molecule has 6 nitrogen and oxygen atoms in total. The molecule has 1 amide bonds. The van der Waals surface area contributed by atoms with Gasteiger partial charge in [-0.15, -0.1) is 21.5 Å². The molecule has 3 aromatic rings. The van der Waals surface area contributed by atoms with Crippen molar-refractivity contribution in [3.05, 3.63) is 29.3 Å². The number of thioether (sulfide) groups is 1. The second-order valence-electron chi connectivity index (χ2n) is 4.30. The number of amides is 1. The van der Waals surface area contributed by atoms with Crippen molar-refractivity contribution in [2.45, 2.75) is 11.3 Å². The lowest BCUT2D eigenvalue weighted by Gasteiger charge is -1.95. The minimum absolute atomic E-state index is 0.0697. The van der Waals surface area contributed by atoms with E-state index in [1.54, 1.807) is 0 Å². The number of Topliss-reactive ketones (excluding diaryl/α,β-unsaturated/α-hetero) is 1. The topological polar surface area (TPSA) is 84.8 Å². The van der Waals surface area contributed by atoms with Crippen LogP contribution < -0.4 is 5.32 Å². The molecule has 0 spiro atoms. The SMILES string of the molecule is CC(=O)CSc1nnc(NC(=O)c2nc3ccccc3s2)s1. The van der Waals surface area contributed by atoms with Gasteiger partial charge in [0.1, 0.15) is 5.78 Å². The van der Waals surface area contributed by atoms with Gasteiger partial charge < -0.3 is 0 Å². The molecular formula is C13H10N4O2S3. The molecule has 0 bridgehead atoms. The van der Waals surface area contributed by atoms with E-state index in [1.165, 1.54) is 41.4 Å². The number of carbonyl (C=O) groups excluding carboxylic acids is 2. The smallest absolute Gasteiger partial charge is 0.286 e. The Hall–Kier alpha value is -1.84. The third-order valence-electron chi connectivity index (χ3n) is 2.51. The lowest BCUT2D eigenvalue weighted by atomic mass is 10.3. The van der Waals surface area contributed by atoms with Crippen molar-refractivity contribution in [2.75, 3.05) is 11.1 Å². The fraction of sp³-hybridized carbons (Fsp3) is 0.154. The number of nitrogens with zero attached hydrogens (tertiary/aromatic N) is 3. The number of thiazole rings is 1. The second-order valence-corrected chi connectivity index (χ2v) is 7.54. The predicted molar refractivity (Wildman–Crippen MR) is 88.9 cm³/mol. The quantitative estimate of drug-likeness (QED) is 0.562. The maximum atomic E-state index is 12.2. The summed E-state index contributed by atoms with van der Waals surface area (Å²) in [6.07, 6.45) is 0. The molecule has 0 fully saturated rings. The van der Waals surface area contributed by atoms with Crippen LogP contribution in [-0.4, -0.2) is 32.6 Å². The van der Waals surface area contributed by atoms with Crippen molar-refractivity contribution in [1.82, 2.24) is 15.2 Å². The van der Waals surface area contributed by atoms with E-state index in [1.807, 2.05) is 24.3 Å². The standard InChI is InChI=1S/C13H10N4O2S3/c1-7(18)6-20-13-17-16-12(22-13)15-10(19)11-14-8-4-2-3-5-9(8)21-11/h2-5H,6H2,1H3,(H,15,16,19). The molecule has 1 N–H and O–H groups in total. The number of rotatable bonds is 5. The molecule has 112 valence electrons. The number of fused-ring (bicyclic) bond motifs is 1. The number of nitrogens with one attached hydrogen (secondary N) is 1. The highest BCUT2D eigenvalue weighted by Crippen LogP contribution is 2.27. The number of anilines is 1. The first kappa shape index (κ1) is 15.1. The summed E-state index contributed by atoms with van der Waals surface area (Å²) < 4.78 is 1.61. The molecule has 0 aliphatic heterocycles. The number of aromatic nitrogens is 3. The Kier molecular flexibility index (Phi) is 4.46. The van der Waals surface area contributed by atoms with Crippen molar-refractivity contribution < 1.29 is 9.59 Å². The fourth-order valence-corrected chi connectivity index (χ4v) is 4.01. The van der Waals surface area contributed by atoms with Crippen LogP contribution in [-0.2, 0) is 4.79 Å². The van der Waals surface area contributed by atoms with Crippen LogP contribution in [0.4, 0.5) is 5.13 Å². The number of benzene rings is 1. The van der Waals surface area contributed by atoms with Gasteiger partial charge in [-0.2, -0.15) is 0 Å². The lowest BCUT2D eigenvalue weighted by molar-refractivity contribution is -0.114. The summed E-state index contributed by atoms with van der Waals surface area (Å²) in [4.78, 5) is 27.4. The number of para-hydroxylation sites is 1. The van der Waals surface area contributed by atoms with Crippen molar-refractivity contribution in [2.24, 2.45) is 0 Å². The van der Waals surface area contributed by atoms with Crippen molar-refractivity contribution in [3.8, 4) is 0 Å². The number of ketones is 1. The minimum Gasteiger partial charge on any atom is -0.299 e. The third kappa shape index (κ3) is 3.49. The van der Waals surface area contributed by atoms with Crippen molar-refractivity contribution in [3.63, 3.8) is 0 Å². The Morgan fingerprint density at radius 3 is 2.82 bits per heavy atom. The van der Waals surface area contributed by atoms with E-state index in [9.17, 15) is 9.59 Å².